The maximum atomic E-state index is 13.2. The standard InChI is InChI=1S/C35H33ClN4O5/c1-4-40(5-2)27-18-15-24(16-19-27)21-30(38-33(41)26-11-7-6-8-12-26)34(42)39-37-23-25-17-20-31(32(22-25)44-3)45-35(43)28-13-9-10-14-29(28)36/h6-23H,4-5H2,1-3H3,(H,38,41)(H,39,42)/b30-21+,37-23+. The number of esters is 1. The lowest BCUT2D eigenvalue weighted by molar-refractivity contribution is -0.117. The van der Waals surface area contributed by atoms with E-state index in [1.165, 1.54) is 13.3 Å². The number of halogens is 1. The van der Waals surface area contributed by atoms with Crippen LogP contribution in [0.2, 0.25) is 5.02 Å². The van der Waals surface area contributed by atoms with Crippen molar-refractivity contribution in [3.05, 3.63) is 130 Å². The molecule has 45 heavy (non-hydrogen) atoms. The Bertz CT molecular complexity index is 1700. The highest BCUT2D eigenvalue weighted by molar-refractivity contribution is 6.33. The molecule has 4 rings (SSSR count). The first-order valence-corrected chi connectivity index (χ1v) is 14.6. The molecule has 2 N–H and O–H groups in total. The van der Waals surface area contributed by atoms with E-state index in [0.29, 0.717) is 11.1 Å². The zero-order valence-corrected chi connectivity index (χ0v) is 25.9. The van der Waals surface area contributed by atoms with Crippen molar-refractivity contribution in [2.75, 3.05) is 25.1 Å². The van der Waals surface area contributed by atoms with E-state index in [4.69, 9.17) is 21.1 Å². The van der Waals surface area contributed by atoms with Gasteiger partial charge in [-0.1, -0.05) is 54.1 Å². The molecule has 0 bridgehead atoms. The van der Waals surface area contributed by atoms with E-state index in [1.807, 2.05) is 24.3 Å². The van der Waals surface area contributed by atoms with Gasteiger partial charge in [-0.05, 0) is 85.6 Å². The predicted molar refractivity (Wildman–Crippen MR) is 177 cm³/mol. The quantitative estimate of drug-likeness (QED) is 0.0626. The minimum absolute atomic E-state index is 0.0102. The molecule has 0 spiro atoms. The average Bonchev–Trinajstić information content (AvgIpc) is 3.06. The van der Waals surface area contributed by atoms with Gasteiger partial charge in [-0.3, -0.25) is 9.59 Å². The largest absolute Gasteiger partial charge is 0.493 e. The monoisotopic (exact) mass is 624 g/mol. The van der Waals surface area contributed by atoms with E-state index >= 15 is 0 Å². The van der Waals surface area contributed by atoms with Crippen molar-refractivity contribution in [1.82, 2.24) is 10.7 Å². The van der Waals surface area contributed by atoms with Gasteiger partial charge in [0, 0.05) is 24.3 Å². The van der Waals surface area contributed by atoms with E-state index in [9.17, 15) is 14.4 Å². The third-order valence-electron chi connectivity index (χ3n) is 6.73. The van der Waals surface area contributed by atoms with Crippen LogP contribution in [0.3, 0.4) is 0 Å². The van der Waals surface area contributed by atoms with Gasteiger partial charge in [-0.2, -0.15) is 5.10 Å². The summed E-state index contributed by atoms with van der Waals surface area (Å²) in [6.07, 6.45) is 2.98. The fourth-order valence-electron chi connectivity index (χ4n) is 4.34. The van der Waals surface area contributed by atoms with Gasteiger partial charge >= 0.3 is 5.97 Å². The Morgan fingerprint density at radius 2 is 1.51 bits per heavy atom. The molecular formula is C35H33ClN4O5. The third kappa shape index (κ3) is 8.81. The molecule has 0 aliphatic rings. The molecule has 0 aliphatic heterocycles. The smallest absolute Gasteiger partial charge is 0.345 e. The highest BCUT2D eigenvalue weighted by Crippen LogP contribution is 2.29. The number of amides is 2. The van der Waals surface area contributed by atoms with Crippen LogP contribution >= 0.6 is 11.6 Å². The van der Waals surface area contributed by atoms with E-state index in [0.717, 1.165) is 24.3 Å². The molecule has 0 atom stereocenters. The van der Waals surface area contributed by atoms with Crippen LogP contribution in [-0.2, 0) is 4.79 Å². The van der Waals surface area contributed by atoms with Gasteiger partial charge in [-0.15, -0.1) is 0 Å². The van der Waals surface area contributed by atoms with Crippen molar-refractivity contribution in [1.29, 1.82) is 0 Å². The SMILES string of the molecule is CCN(CC)c1ccc(/C=C(/NC(=O)c2ccccc2)C(=O)N/N=C/c2ccc(OC(=O)c3ccccc3Cl)c(OC)c2)cc1. The lowest BCUT2D eigenvalue weighted by atomic mass is 10.1. The highest BCUT2D eigenvalue weighted by Gasteiger charge is 2.16. The summed E-state index contributed by atoms with van der Waals surface area (Å²) in [5, 5.41) is 7.03. The molecule has 4 aromatic carbocycles. The molecular weight excluding hydrogens is 592 g/mol. The Morgan fingerprint density at radius 3 is 2.18 bits per heavy atom. The molecule has 4 aromatic rings. The van der Waals surface area contributed by atoms with E-state index in [2.05, 4.69) is 34.6 Å². The summed E-state index contributed by atoms with van der Waals surface area (Å²) in [6.45, 7) is 5.90. The topological polar surface area (TPSA) is 109 Å². The Balaban J connectivity index is 1.50. The highest BCUT2D eigenvalue weighted by atomic mass is 35.5. The summed E-state index contributed by atoms with van der Waals surface area (Å²) in [6, 6.07) is 27.6. The van der Waals surface area contributed by atoms with Crippen molar-refractivity contribution in [3.8, 4) is 11.5 Å². The number of hydrogen-bond donors (Lipinski definition) is 2. The lowest BCUT2D eigenvalue weighted by Crippen LogP contribution is -2.32. The minimum atomic E-state index is -0.632. The maximum Gasteiger partial charge on any atom is 0.345 e. The van der Waals surface area contributed by atoms with Gasteiger partial charge in [0.1, 0.15) is 5.70 Å². The molecule has 230 valence electrons. The van der Waals surface area contributed by atoms with Crippen LogP contribution in [0.1, 0.15) is 45.7 Å². The van der Waals surface area contributed by atoms with Crippen LogP contribution in [-0.4, -0.2) is 44.2 Å². The number of carbonyl (C=O) groups is 3. The second kappa shape index (κ2) is 15.9. The zero-order valence-electron chi connectivity index (χ0n) is 25.1. The molecule has 0 aliphatic carbocycles. The van der Waals surface area contributed by atoms with Crippen molar-refractivity contribution in [2.45, 2.75) is 13.8 Å². The summed E-state index contributed by atoms with van der Waals surface area (Å²) < 4.78 is 10.9. The molecule has 10 heteroatoms. The Labute approximate surface area is 267 Å². The van der Waals surface area contributed by atoms with Crippen LogP contribution in [0.15, 0.2) is 108 Å². The van der Waals surface area contributed by atoms with Gasteiger partial charge in [0.05, 0.1) is 23.9 Å². The van der Waals surface area contributed by atoms with Gasteiger partial charge < -0.3 is 19.7 Å². The molecule has 2 amide bonds. The Hall–Kier alpha value is -5.41. The Morgan fingerprint density at radius 1 is 0.844 bits per heavy atom. The third-order valence-corrected chi connectivity index (χ3v) is 7.05. The van der Waals surface area contributed by atoms with Gasteiger partial charge in [0.2, 0.25) is 0 Å². The van der Waals surface area contributed by atoms with Crippen LogP contribution in [0, 0.1) is 0 Å². The predicted octanol–water partition coefficient (Wildman–Crippen LogP) is 6.34. The number of hydrogen-bond acceptors (Lipinski definition) is 7. The van der Waals surface area contributed by atoms with E-state index in [-0.39, 0.29) is 27.8 Å². The lowest BCUT2D eigenvalue weighted by Gasteiger charge is -2.20. The van der Waals surface area contributed by atoms with Crippen LogP contribution in [0.25, 0.3) is 6.08 Å². The molecule has 0 unspecified atom stereocenters. The molecule has 0 radical (unpaired) electrons. The van der Waals surface area contributed by atoms with E-state index < -0.39 is 17.8 Å². The number of nitrogens with zero attached hydrogens (tertiary/aromatic N) is 2. The number of hydrazone groups is 1. The summed E-state index contributed by atoms with van der Waals surface area (Å²) in [5.74, 6) is -1.24. The second-order valence-electron chi connectivity index (χ2n) is 9.62. The molecule has 0 aromatic heterocycles. The molecule has 0 saturated heterocycles. The van der Waals surface area contributed by atoms with Crippen LogP contribution in [0.4, 0.5) is 5.69 Å². The second-order valence-corrected chi connectivity index (χ2v) is 10.0. The van der Waals surface area contributed by atoms with Crippen molar-refractivity contribution < 1.29 is 23.9 Å². The number of rotatable bonds is 12. The first-order valence-electron chi connectivity index (χ1n) is 14.2. The number of benzene rings is 4. The van der Waals surface area contributed by atoms with Crippen molar-refractivity contribution >= 4 is 47.4 Å². The summed E-state index contributed by atoms with van der Waals surface area (Å²) in [4.78, 5) is 40.9. The molecule has 0 saturated carbocycles. The van der Waals surface area contributed by atoms with Gasteiger partial charge in [0.15, 0.2) is 11.5 Å². The van der Waals surface area contributed by atoms with Crippen molar-refractivity contribution in [3.63, 3.8) is 0 Å². The molecule has 0 heterocycles. The fraction of sp³-hybridized carbons (Fsp3) is 0.143. The van der Waals surface area contributed by atoms with Crippen LogP contribution in [0.5, 0.6) is 11.5 Å². The number of methoxy groups -OCH3 is 1. The maximum absolute atomic E-state index is 13.2. The van der Waals surface area contributed by atoms with Gasteiger partial charge in [0.25, 0.3) is 11.8 Å². The summed E-state index contributed by atoms with van der Waals surface area (Å²) >= 11 is 6.11. The summed E-state index contributed by atoms with van der Waals surface area (Å²) in [5.41, 5.74) is 5.43. The zero-order chi connectivity index (χ0) is 32.2. The normalized spacial score (nSPS) is 11.2. The Kier molecular flexibility index (Phi) is 11.5. The first kappa shape index (κ1) is 32.5. The minimum Gasteiger partial charge on any atom is -0.493 e. The first-order chi connectivity index (χ1) is 21.8. The number of carbonyl (C=O) groups excluding carboxylic acids is 3. The summed E-state index contributed by atoms with van der Waals surface area (Å²) in [7, 11) is 1.44. The average molecular weight is 625 g/mol. The number of nitrogens with one attached hydrogen (secondary N) is 2. The van der Waals surface area contributed by atoms with Crippen molar-refractivity contribution in [2.24, 2.45) is 5.10 Å². The number of anilines is 1. The van der Waals surface area contributed by atoms with E-state index in [1.54, 1.807) is 78.9 Å². The number of ether oxygens (including phenoxy) is 2. The fourth-order valence-corrected chi connectivity index (χ4v) is 4.55. The van der Waals surface area contributed by atoms with Crippen LogP contribution < -0.4 is 25.1 Å². The van der Waals surface area contributed by atoms with Gasteiger partial charge in [-0.25, -0.2) is 10.2 Å². The molecule has 0 fully saturated rings. The molecule has 9 nitrogen and oxygen atoms in total.